The monoisotopic (exact) mass is 465 g/mol. The van der Waals surface area contributed by atoms with Gasteiger partial charge in [-0.25, -0.2) is 0 Å². The van der Waals surface area contributed by atoms with Crippen molar-refractivity contribution in [3.05, 3.63) is 87.8 Å². The molecule has 0 amide bonds. The normalized spacial score (nSPS) is 11.1. The van der Waals surface area contributed by atoms with E-state index in [2.05, 4.69) is 37.0 Å². The first-order valence-corrected chi connectivity index (χ1v) is 11.8. The predicted octanol–water partition coefficient (Wildman–Crippen LogP) is 6.05. The highest BCUT2D eigenvalue weighted by Crippen LogP contribution is 2.28. The van der Waals surface area contributed by atoms with Crippen LogP contribution >= 0.6 is 34.7 Å². The van der Waals surface area contributed by atoms with Crippen LogP contribution < -0.4 is 0 Å². The van der Waals surface area contributed by atoms with E-state index in [0.717, 1.165) is 22.1 Å². The molecule has 0 radical (unpaired) electrons. The van der Waals surface area contributed by atoms with E-state index in [1.165, 1.54) is 17.3 Å². The van der Waals surface area contributed by atoms with Crippen LogP contribution in [0.3, 0.4) is 0 Å². The van der Waals surface area contributed by atoms with Crippen LogP contribution in [0.2, 0.25) is 5.02 Å². The summed E-state index contributed by atoms with van der Waals surface area (Å²) in [4.78, 5) is 4.49. The van der Waals surface area contributed by atoms with E-state index in [1.54, 1.807) is 11.3 Å². The Bertz CT molecular complexity index is 1270. The van der Waals surface area contributed by atoms with E-state index >= 15 is 0 Å². The number of thiophene rings is 1. The molecule has 0 unspecified atom stereocenters. The smallest absolute Gasteiger partial charge is 0.258 e. The van der Waals surface area contributed by atoms with Gasteiger partial charge in [0.05, 0.1) is 17.9 Å². The number of hydrogen-bond acceptors (Lipinski definition) is 7. The maximum absolute atomic E-state index is 6.06. The van der Waals surface area contributed by atoms with E-state index < -0.39 is 0 Å². The fraction of sp³-hybridized carbons (Fsp3) is 0.0909. The van der Waals surface area contributed by atoms with Gasteiger partial charge in [-0.15, -0.1) is 10.2 Å². The van der Waals surface area contributed by atoms with Crippen molar-refractivity contribution < 1.29 is 4.52 Å². The standard InChI is InChI=1S/C22H16ClN5OS2/c23-18-8-6-16(7-9-18)20-25-26-22(28(20)12-15-4-2-1-3-5-15)31-14-19-24-21(29-27-19)17-10-11-30-13-17/h1-11,13H,12,14H2. The summed E-state index contributed by atoms with van der Waals surface area (Å²) >= 11 is 9.19. The molecule has 3 heterocycles. The maximum Gasteiger partial charge on any atom is 0.258 e. The van der Waals surface area contributed by atoms with Crippen LogP contribution in [0.4, 0.5) is 0 Å². The van der Waals surface area contributed by atoms with Crippen molar-refractivity contribution in [2.24, 2.45) is 0 Å². The Kier molecular flexibility index (Phi) is 5.84. The summed E-state index contributed by atoms with van der Waals surface area (Å²) in [5.41, 5.74) is 3.06. The number of halogens is 1. The predicted molar refractivity (Wildman–Crippen MR) is 123 cm³/mol. The fourth-order valence-corrected chi connectivity index (χ4v) is 4.60. The minimum absolute atomic E-state index is 0.529. The SMILES string of the molecule is Clc1ccc(-c2nnc(SCc3noc(-c4ccsc4)n3)n2Cc2ccccc2)cc1. The molecule has 154 valence electrons. The third kappa shape index (κ3) is 4.56. The molecule has 3 aromatic heterocycles. The molecule has 2 aromatic carbocycles. The lowest BCUT2D eigenvalue weighted by Gasteiger charge is -2.10. The van der Waals surface area contributed by atoms with E-state index in [9.17, 15) is 0 Å². The summed E-state index contributed by atoms with van der Waals surface area (Å²) in [5, 5.41) is 18.4. The molecule has 0 spiro atoms. The number of hydrogen-bond donors (Lipinski definition) is 0. The van der Waals surface area contributed by atoms with E-state index in [0.29, 0.717) is 29.0 Å². The lowest BCUT2D eigenvalue weighted by atomic mass is 10.2. The number of thioether (sulfide) groups is 1. The van der Waals surface area contributed by atoms with Gasteiger partial charge in [-0.3, -0.25) is 4.57 Å². The second-order valence-electron chi connectivity index (χ2n) is 6.70. The van der Waals surface area contributed by atoms with Crippen molar-refractivity contribution in [1.82, 2.24) is 24.9 Å². The van der Waals surface area contributed by atoms with Crippen molar-refractivity contribution in [3.8, 4) is 22.8 Å². The van der Waals surface area contributed by atoms with Crippen LogP contribution in [-0.2, 0) is 12.3 Å². The third-order valence-electron chi connectivity index (χ3n) is 4.57. The van der Waals surface area contributed by atoms with Gasteiger partial charge in [0.15, 0.2) is 16.8 Å². The molecule has 0 aliphatic carbocycles. The summed E-state index contributed by atoms with van der Waals surface area (Å²) < 4.78 is 7.49. The van der Waals surface area contributed by atoms with Crippen LogP contribution in [0.1, 0.15) is 11.4 Å². The quantitative estimate of drug-likeness (QED) is 0.272. The van der Waals surface area contributed by atoms with Crippen LogP contribution in [0, 0.1) is 0 Å². The highest BCUT2D eigenvalue weighted by atomic mass is 35.5. The van der Waals surface area contributed by atoms with Gasteiger partial charge in [0, 0.05) is 16.0 Å². The molecule has 31 heavy (non-hydrogen) atoms. The highest BCUT2D eigenvalue weighted by molar-refractivity contribution is 7.98. The molecule has 0 aliphatic rings. The van der Waals surface area contributed by atoms with Crippen molar-refractivity contribution in [1.29, 1.82) is 0 Å². The van der Waals surface area contributed by atoms with Crippen molar-refractivity contribution in [2.45, 2.75) is 17.5 Å². The summed E-state index contributed by atoms with van der Waals surface area (Å²) in [7, 11) is 0. The molecule has 0 aliphatic heterocycles. The Morgan fingerprint density at radius 1 is 0.968 bits per heavy atom. The summed E-state index contributed by atoms with van der Waals surface area (Å²) in [6.45, 7) is 0.653. The minimum atomic E-state index is 0.529. The van der Waals surface area contributed by atoms with Crippen LogP contribution in [0.5, 0.6) is 0 Å². The van der Waals surface area contributed by atoms with Crippen LogP contribution in [-0.4, -0.2) is 24.9 Å². The molecule has 0 atom stereocenters. The minimum Gasteiger partial charge on any atom is -0.334 e. The molecule has 5 rings (SSSR count). The van der Waals surface area contributed by atoms with Crippen LogP contribution in [0.25, 0.3) is 22.8 Å². The molecule has 9 heteroatoms. The zero-order valence-electron chi connectivity index (χ0n) is 16.2. The average molecular weight is 466 g/mol. The number of aromatic nitrogens is 5. The number of rotatable bonds is 7. The van der Waals surface area contributed by atoms with E-state index in [1.807, 2.05) is 59.3 Å². The van der Waals surface area contributed by atoms with E-state index in [-0.39, 0.29) is 0 Å². The van der Waals surface area contributed by atoms with Crippen molar-refractivity contribution in [2.75, 3.05) is 0 Å². The molecule has 0 fully saturated rings. The lowest BCUT2D eigenvalue weighted by Crippen LogP contribution is -2.04. The summed E-state index contributed by atoms with van der Waals surface area (Å²) in [5.74, 6) is 2.47. The fourth-order valence-electron chi connectivity index (χ4n) is 3.06. The molecule has 0 N–H and O–H groups in total. The maximum atomic E-state index is 6.06. The van der Waals surface area contributed by atoms with E-state index in [4.69, 9.17) is 16.1 Å². The largest absolute Gasteiger partial charge is 0.334 e. The van der Waals surface area contributed by atoms with Crippen LogP contribution in [0.15, 0.2) is 81.1 Å². The van der Waals surface area contributed by atoms with Crippen molar-refractivity contribution >= 4 is 34.7 Å². The Balaban J connectivity index is 1.41. The Labute approximate surface area is 191 Å². The van der Waals surface area contributed by atoms with Gasteiger partial charge in [0.25, 0.3) is 5.89 Å². The Hall–Kier alpha value is -2.94. The van der Waals surface area contributed by atoms with Gasteiger partial charge in [0.1, 0.15) is 0 Å². The second kappa shape index (κ2) is 9.05. The molecule has 0 saturated heterocycles. The lowest BCUT2D eigenvalue weighted by molar-refractivity contribution is 0.425. The van der Waals surface area contributed by atoms with Gasteiger partial charge in [-0.2, -0.15) is 16.3 Å². The Morgan fingerprint density at radius 3 is 2.58 bits per heavy atom. The van der Waals surface area contributed by atoms with Gasteiger partial charge in [-0.05, 0) is 41.3 Å². The second-order valence-corrected chi connectivity index (χ2v) is 8.86. The van der Waals surface area contributed by atoms with Gasteiger partial charge in [0.2, 0.25) is 0 Å². The molecule has 0 saturated carbocycles. The topological polar surface area (TPSA) is 69.6 Å². The highest BCUT2D eigenvalue weighted by Gasteiger charge is 2.17. The first-order valence-electron chi connectivity index (χ1n) is 9.47. The van der Waals surface area contributed by atoms with Gasteiger partial charge < -0.3 is 4.52 Å². The summed E-state index contributed by atoms with van der Waals surface area (Å²) in [6, 6.07) is 19.8. The molecular formula is C22H16ClN5OS2. The number of nitrogens with zero attached hydrogens (tertiary/aromatic N) is 5. The first kappa shape index (κ1) is 20.0. The molecule has 6 nitrogen and oxygen atoms in total. The molecule has 5 aromatic rings. The third-order valence-corrected chi connectivity index (χ3v) is 6.47. The first-order chi connectivity index (χ1) is 15.3. The zero-order valence-corrected chi connectivity index (χ0v) is 18.6. The number of benzene rings is 2. The zero-order chi connectivity index (χ0) is 21.0. The average Bonchev–Trinajstić information content (AvgIpc) is 3.55. The summed E-state index contributed by atoms with van der Waals surface area (Å²) in [6.07, 6.45) is 0. The Morgan fingerprint density at radius 2 is 1.81 bits per heavy atom. The molecule has 0 bridgehead atoms. The van der Waals surface area contributed by atoms with Gasteiger partial charge >= 0.3 is 0 Å². The molecular weight excluding hydrogens is 450 g/mol. The van der Waals surface area contributed by atoms with Gasteiger partial charge in [-0.1, -0.05) is 58.9 Å². The van der Waals surface area contributed by atoms with Crippen molar-refractivity contribution in [3.63, 3.8) is 0 Å².